The number of rotatable bonds is 6. The van der Waals surface area contributed by atoms with Crippen molar-refractivity contribution >= 4 is 21.8 Å². The lowest BCUT2D eigenvalue weighted by Gasteiger charge is -2.17. The average molecular weight is 317 g/mol. The van der Waals surface area contributed by atoms with Gasteiger partial charge in [0, 0.05) is 12.6 Å². The molecule has 6 heteroatoms. The first-order valence-corrected chi connectivity index (χ1v) is 6.29. The van der Waals surface area contributed by atoms with Crippen LogP contribution >= 0.6 is 15.9 Å². The Morgan fingerprint density at radius 2 is 2.28 bits per heavy atom. The topological polar surface area (TPSA) is 84.6 Å². The largest absolute Gasteiger partial charge is 0.496 e. The van der Waals surface area contributed by atoms with Gasteiger partial charge in [0.15, 0.2) is 0 Å². The molecule has 0 bridgehead atoms. The Balaban J connectivity index is 2.64. The minimum absolute atomic E-state index is 0.0128. The highest BCUT2D eigenvalue weighted by atomic mass is 79.9. The van der Waals surface area contributed by atoms with Crippen LogP contribution in [0.15, 0.2) is 22.7 Å². The number of hydrogen-bond donors (Lipinski definition) is 3. The quantitative estimate of drug-likeness (QED) is 0.729. The summed E-state index contributed by atoms with van der Waals surface area (Å²) in [4.78, 5) is 10.7. The molecule has 1 amide bonds. The molecular formula is C12H17BrN2O3. The average Bonchev–Trinajstić information content (AvgIpc) is 2.35. The van der Waals surface area contributed by atoms with Crippen molar-refractivity contribution in [2.45, 2.75) is 19.1 Å². The van der Waals surface area contributed by atoms with Crippen LogP contribution in [0.4, 0.5) is 0 Å². The number of benzene rings is 1. The van der Waals surface area contributed by atoms with Crippen molar-refractivity contribution in [3.05, 3.63) is 28.2 Å². The molecular weight excluding hydrogens is 300 g/mol. The number of hydrogen-bond acceptors (Lipinski definition) is 4. The van der Waals surface area contributed by atoms with Crippen LogP contribution < -0.4 is 15.8 Å². The van der Waals surface area contributed by atoms with Gasteiger partial charge in [-0.2, -0.15) is 0 Å². The molecule has 4 N–H and O–H groups in total. The predicted molar refractivity (Wildman–Crippen MR) is 72.3 cm³/mol. The molecule has 2 atom stereocenters. The van der Waals surface area contributed by atoms with E-state index in [0.717, 1.165) is 15.8 Å². The summed E-state index contributed by atoms with van der Waals surface area (Å²) in [6.45, 7) is 2.06. The third kappa shape index (κ3) is 3.97. The van der Waals surface area contributed by atoms with Crippen LogP contribution in [0.1, 0.15) is 18.5 Å². The molecule has 0 aliphatic carbocycles. The highest BCUT2D eigenvalue weighted by Gasteiger charge is 2.13. The molecule has 0 spiro atoms. The Bertz CT molecular complexity index is 426. The standard InChI is InChI=1S/C12H17BrN2O3/c1-7(15-6-10(16)12(14)17)8-3-4-11(18-2)9(13)5-8/h3-5,7,10,15-16H,6H2,1-2H3,(H2,14,17). The zero-order chi connectivity index (χ0) is 13.7. The van der Waals surface area contributed by atoms with Crippen molar-refractivity contribution in [2.24, 2.45) is 5.73 Å². The Kier molecular flexibility index (Phi) is 5.58. The van der Waals surface area contributed by atoms with Crippen LogP contribution in [0.2, 0.25) is 0 Å². The second kappa shape index (κ2) is 6.72. The van der Waals surface area contributed by atoms with Crippen LogP contribution in [0, 0.1) is 0 Å². The molecule has 100 valence electrons. The lowest BCUT2D eigenvalue weighted by atomic mass is 10.1. The molecule has 1 aromatic rings. The first-order chi connectivity index (χ1) is 8.45. The van der Waals surface area contributed by atoms with Crippen molar-refractivity contribution in [3.63, 3.8) is 0 Å². The van der Waals surface area contributed by atoms with Crippen LogP contribution in [0.5, 0.6) is 5.75 Å². The van der Waals surface area contributed by atoms with Gasteiger partial charge in [-0.05, 0) is 40.5 Å². The van der Waals surface area contributed by atoms with Crippen LogP contribution in [0.25, 0.3) is 0 Å². The Hall–Kier alpha value is -1.11. The zero-order valence-electron chi connectivity index (χ0n) is 10.3. The number of halogens is 1. The van der Waals surface area contributed by atoms with E-state index < -0.39 is 12.0 Å². The van der Waals surface area contributed by atoms with Gasteiger partial charge >= 0.3 is 0 Å². The number of nitrogens with one attached hydrogen (secondary N) is 1. The lowest BCUT2D eigenvalue weighted by Crippen LogP contribution is -2.38. The van der Waals surface area contributed by atoms with E-state index in [1.807, 2.05) is 25.1 Å². The molecule has 0 fully saturated rings. The van der Waals surface area contributed by atoms with E-state index in [9.17, 15) is 9.90 Å². The molecule has 1 rings (SSSR count). The van der Waals surface area contributed by atoms with Gasteiger partial charge in [0.1, 0.15) is 11.9 Å². The summed E-state index contributed by atoms with van der Waals surface area (Å²) in [5.41, 5.74) is 5.98. The first-order valence-electron chi connectivity index (χ1n) is 5.50. The van der Waals surface area contributed by atoms with E-state index in [2.05, 4.69) is 21.2 Å². The van der Waals surface area contributed by atoms with Gasteiger partial charge in [-0.3, -0.25) is 4.79 Å². The molecule has 1 aromatic carbocycles. The highest BCUT2D eigenvalue weighted by molar-refractivity contribution is 9.10. The van der Waals surface area contributed by atoms with Crippen molar-refractivity contribution in [1.29, 1.82) is 0 Å². The number of carbonyl (C=O) groups excluding carboxylic acids is 1. The maximum Gasteiger partial charge on any atom is 0.247 e. The fourth-order valence-electron chi connectivity index (χ4n) is 1.46. The molecule has 5 nitrogen and oxygen atoms in total. The van der Waals surface area contributed by atoms with Crippen molar-refractivity contribution in [2.75, 3.05) is 13.7 Å². The van der Waals surface area contributed by atoms with Crippen molar-refractivity contribution < 1.29 is 14.6 Å². The lowest BCUT2D eigenvalue weighted by molar-refractivity contribution is -0.125. The van der Waals surface area contributed by atoms with E-state index in [-0.39, 0.29) is 12.6 Å². The normalized spacial score (nSPS) is 14.0. The number of primary amides is 1. The number of methoxy groups -OCH3 is 1. The summed E-state index contributed by atoms with van der Waals surface area (Å²) in [6, 6.07) is 5.67. The summed E-state index contributed by atoms with van der Waals surface area (Å²) < 4.78 is 5.99. The first kappa shape index (κ1) is 14.9. The third-order valence-corrected chi connectivity index (χ3v) is 3.24. The van der Waals surface area contributed by atoms with E-state index >= 15 is 0 Å². The van der Waals surface area contributed by atoms with E-state index in [1.54, 1.807) is 7.11 Å². The monoisotopic (exact) mass is 316 g/mol. The summed E-state index contributed by atoms with van der Waals surface area (Å²) in [5, 5.41) is 12.3. The van der Waals surface area contributed by atoms with E-state index in [1.165, 1.54) is 0 Å². The van der Waals surface area contributed by atoms with Gasteiger partial charge in [0.25, 0.3) is 0 Å². The Morgan fingerprint density at radius 3 is 2.78 bits per heavy atom. The predicted octanol–water partition coefficient (Wildman–Crippen LogP) is 0.954. The van der Waals surface area contributed by atoms with Crippen molar-refractivity contribution in [1.82, 2.24) is 5.32 Å². The van der Waals surface area contributed by atoms with Gasteiger partial charge in [0.05, 0.1) is 11.6 Å². The Labute approximate surface area is 114 Å². The smallest absolute Gasteiger partial charge is 0.247 e. The van der Waals surface area contributed by atoms with Crippen LogP contribution in [-0.4, -0.2) is 30.8 Å². The number of amides is 1. The van der Waals surface area contributed by atoms with Gasteiger partial charge in [-0.25, -0.2) is 0 Å². The van der Waals surface area contributed by atoms with Crippen molar-refractivity contribution in [3.8, 4) is 5.75 Å². The number of aliphatic hydroxyl groups excluding tert-OH is 1. The number of aliphatic hydroxyl groups is 1. The van der Waals surface area contributed by atoms with E-state index in [4.69, 9.17) is 10.5 Å². The van der Waals surface area contributed by atoms with Gasteiger partial charge in [0.2, 0.25) is 5.91 Å². The Morgan fingerprint density at radius 1 is 1.61 bits per heavy atom. The summed E-state index contributed by atoms with van der Waals surface area (Å²) in [6.07, 6.45) is -1.17. The van der Waals surface area contributed by atoms with Crippen LogP contribution in [-0.2, 0) is 4.79 Å². The second-order valence-corrected chi connectivity index (χ2v) is 4.80. The molecule has 0 saturated heterocycles. The maximum absolute atomic E-state index is 10.7. The molecule has 0 aliphatic heterocycles. The second-order valence-electron chi connectivity index (χ2n) is 3.94. The third-order valence-electron chi connectivity index (χ3n) is 2.62. The summed E-state index contributed by atoms with van der Waals surface area (Å²) in [7, 11) is 1.60. The molecule has 18 heavy (non-hydrogen) atoms. The highest BCUT2D eigenvalue weighted by Crippen LogP contribution is 2.27. The van der Waals surface area contributed by atoms with Gasteiger partial charge in [-0.1, -0.05) is 6.07 Å². The molecule has 2 unspecified atom stereocenters. The molecule has 0 aliphatic rings. The van der Waals surface area contributed by atoms with E-state index in [0.29, 0.717) is 0 Å². The zero-order valence-corrected chi connectivity index (χ0v) is 11.9. The number of carbonyl (C=O) groups is 1. The van der Waals surface area contributed by atoms with Gasteiger partial charge < -0.3 is 20.9 Å². The molecule has 0 aromatic heterocycles. The summed E-state index contributed by atoms with van der Waals surface area (Å²) in [5.74, 6) is 0.0220. The maximum atomic E-state index is 10.7. The molecule has 0 heterocycles. The summed E-state index contributed by atoms with van der Waals surface area (Å²) >= 11 is 3.40. The minimum atomic E-state index is -1.17. The van der Waals surface area contributed by atoms with Gasteiger partial charge in [-0.15, -0.1) is 0 Å². The van der Waals surface area contributed by atoms with Crippen LogP contribution in [0.3, 0.4) is 0 Å². The minimum Gasteiger partial charge on any atom is -0.496 e. The SMILES string of the molecule is COc1ccc(C(C)NCC(O)C(N)=O)cc1Br. The molecule has 0 radical (unpaired) electrons. The number of nitrogens with two attached hydrogens (primary N) is 1. The fourth-order valence-corrected chi connectivity index (χ4v) is 2.02. The molecule has 0 saturated carbocycles. The number of ether oxygens (including phenoxy) is 1. The fraction of sp³-hybridized carbons (Fsp3) is 0.417.